The van der Waals surface area contributed by atoms with Crippen LogP contribution in [0.1, 0.15) is 16.1 Å². The van der Waals surface area contributed by atoms with E-state index in [0.29, 0.717) is 5.56 Å². The van der Waals surface area contributed by atoms with Gasteiger partial charge in [0.25, 0.3) is 0 Å². The van der Waals surface area contributed by atoms with Crippen molar-refractivity contribution in [3.05, 3.63) is 64.4 Å². The molecule has 0 aliphatic rings. The van der Waals surface area contributed by atoms with Crippen molar-refractivity contribution in [2.75, 3.05) is 0 Å². The first kappa shape index (κ1) is 12.6. The molecule has 92 valence electrons. The SMILES string of the molecule is O=C(Cc1ccc(F)c(Cl)c1)c1ncccc1F. The van der Waals surface area contributed by atoms with E-state index in [1.807, 2.05) is 0 Å². The van der Waals surface area contributed by atoms with Gasteiger partial charge in [0.1, 0.15) is 11.5 Å². The number of ketones is 1. The third-order valence-corrected chi connectivity index (χ3v) is 2.66. The highest BCUT2D eigenvalue weighted by Crippen LogP contribution is 2.17. The zero-order valence-corrected chi connectivity index (χ0v) is 9.92. The van der Waals surface area contributed by atoms with Crippen LogP contribution in [-0.4, -0.2) is 10.8 Å². The minimum absolute atomic E-state index is 0.0678. The van der Waals surface area contributed by atoms with Crippen molar-refractivity contribution in [2.24, 2.45) is 0 Å². The minimum atomic E-state index is -0.671. The molecule has 0 radical (unpaired) electrons. The monoisotopic (exact) mass is 267 g/mol. The second-order valence-corrected chi connectivity index (χ2v) is 4.09. The van der Waals surface area contributed by atoms with E-state index in [2.05, 4.69) is 4.98 Å². The molecule has 0 saturated heterocycles. The summed E-state index contributed by atoms with van der Waals surface area (Å²) in [6.45, 7) is 0. The first-order valence-corrected chi connectivity index (χ1v) is 5.53. The Morgan fingerprint density at radius 1 is 1.22 bits per heavy atom. The summed E-state index contributed by atoms with van der Waals surface area (Å²) < 4.78 is 26.3. The number of hydrogen-bond acceptors (Lipinski definition) is 2. The molecule has 2 nitrogen and oxygen atoms in total. The lowest BCUT2D eigenvalue weighted by atomic mass is 10.1. The highest BCUT2D eigenvalue weighted by atomic mass is 35.5. The molecule has 0 amide bonds. The van der Waals surface area contributed by atoms with Gasteiger partial charge in [0.2, 0.25) is 0 Å². The van der Waals surface area contributed by atoms with E-state index in [4.69, 9.17) is 11.6 Å². The molecule has 0 aliphatic heterocycles. The van der Waals surface area contributed by atoms with Gasteiger partial charge in [-0.25, -0.2) is 8.78 Å². The molecule has 5 heteroatoms. The van der Waals surface area contributed by atoms with Crippen LogP contribution in [0.15, 0.2) is 36.5 Å². The molecule has 0 saturated carbocycles. The molecule has 1 heterocycles. The van der Waals surface area contributed by atoms with Crippen LogP contribution >= 0.6 is 11.6 Å². The van der Waals surface area contributed by atoms with Crippen molar-refractivity contribution in [2.45, 2.75) is 6.42 Å². The van der Waals surface area contributed by atoms with Gasteiger partial charge in [0.05, 0.1) is 5.02 Å². The molecule has 0 aliphatic carbocycles. The van der Waals surface area contributed by atoms with Crippen LogP contribution in [0.3, 0.4) is 0 Å². The molecule has 2 rings (SSSR count). The summed E-state index contributed by atoms with van der Waals surface area (Å²) in [4.78, 5) is 15.5. The smallest absolute Gasteiger partial charge is 0.188 e. The second-order valence-electron chi connectivity index (χ2n) is 3.68. The van der Waals surface area contributed by atoms with Gasteiger partial charge in [0.15, 0.2) is 11.6 Å². The van der Waals surface area contributed by atoms with E-state index in [9.17, 15) is 13.6 Å². The number of hydrogen-bond donors (Lipinski definition) is 0. The van der Waals surface area contributed by atoms with Crippen LogP contribution in [0, 0.1) is 11.6 Å². The van der Waals surface area contributed by atoms with E-state index >= 15 is 0 Å². The number of halogens is 3. The first-order chi connectivity index (χ1) is 8.58. The van der Waals surface area contributed by atoms with Crippen molar-refractivity contribution < 1.29 is 13.6 Å². The summed E-state index contributed by atoms with van der Waals surface area (Å²) in [7, 11) is 0. The lowest BCUT2D eigenvalue weighted by Gasteiger charge is -2.03. The number of carbonyl (C=O) groups excluding carboxylic acids is 1. The number of nitrogens with zero attached hydrogens (tertiary/aromatic N) is 1. The maximum Gasteiger partial charge on any atom is 0.188 e. The molecule has 0 unspecified atom stereocenters. The Hall–Kier alpha value is -1.81. The molecule has 1 aromatic heterocycles. The summed E-state index contributed by atoms with van der Waals surface area (Å²) in [5.74, 6) is -1.71. The average molecular weight is 268 g/mol. The predicted octanol–water partition coefficient (Wildman–Crippen LogP) is 3.44. The molecule has 2 aromatic rings. The molecule has 18 heavy (non-hydrogen) atoms. The Morgan fingerprint density at radius 3 is 2.67 bits per heavy atom. The van der Waals surface area contributed by atoms with Crippen molar-refractivity contribution in [1.29, 1.82) is 0 Å². The van der Waals surface area contributed by atoms with E-state index in [-0.39, 0.29) is 17.1 Å². The van der Waals surface area contributed by atoms with Gasteiger partial charge in [-0.3, -0.25) is 9.78 Å². The van der Waals surface area contributed by atoms with Gasteiger partial charge in [-0.15, -0.1) is 0 Å². The van der Waals surface area contributed by atoms with E-state index in [1.54, 1.807) is 0 Å². The zero-order chi connectivity index (χ0) is 13.1. The molecule has 1 aromatic carbocycles. The molecule has 0 atom stereocenters. The molecule has 0 fully saturated rings. The maximum atomic E-state index is 13.3. The topological polar surface area (TPSA) is 30.0 Å². The fourth-order valence-electron chi connectivity index (χ4n) is 1.51. The van der Waals surface area contributed by atoms with Gasteiger partial charge < -0.3 is 0 Å². The lowest BCUT2D eigenvalue weighted by Crippen LogP contribution is -2.08. The van der Waals surface area contributed by atoms with E-state index < -0.39 is 17.4 Å². The van der Waals surface area contributed by atoms with Gasteiger partial charge in [0, 0.05) is 12.6 Å². The number of rotatable bonds is 3. The van der Waals surface area contributed by atoms with E-state index in [0.717, 1.165) is 6.07 Å². The molecule has 0 spiro atoms. The fourth-order valence-corrected chi connectivity index (χ4v) is 1.71. The van der Waals surface area contributed by atoms with Crippen LogP contribution in [0.5, 0.6) is 0 Å². The third-order valence-electron chi connectivity index (χ3n) is 2.37. The standard InChI is InChI=1S/C13H8ClF2NO/c14-9-6-8(3-4-10(9)15)7-12(18)13-11(16)2-1-5-17-13/h1-6H,7H2. The summed E-state index contributed by atoms with van der Waals surface area (Å²) in [6, 6.07) is 6.51. The van der Waals surface area contributed by atoms with Crippen LogP contribution in [0.25, 0.3) is 0 Å². The number of Topliss-reactive ketones (excluding diaryl/α,β-unsaturated/α-hetero) is 1. The fraction of sp³-hybridized carbons (Fsp3) is 0.0769. The van der Waals surface area contributed by atoms with E-state index in [1.165, 1.54) is 30.5 Å². The van der Waals surface area contributed by atoms with Crippen LogP contribution in [0.2, 0.25) is 5.02 Å². The summed E-state index contributed by atoms with van der Waals surface area (Å²) in [6.07, 6.45) is 1.27. The normalized spacial score (nSPS) is 10.4. The van der Waals surface area contributed by atoms with Crippen molar-refractivity contribution >= 4 is 17.4 Å². The Balaban J connectivity index is 2.22. The molecule has 0 bridgehead atoms. The summed E-state index contributed by atoms with van der Waals surface area (Å²) in [5, 5.41) is -0.0678. The van der Waals surface area contributed by atoms with Crippen LogP contribution in [0.4, 0.5) is 8.78 Å². The predicted molar refractivity (Wildman–Crippen MR) is 63.6 cm³/mol. The van der Waals surface area contributed by atoms with Gasteiger partial charge >= 0.3 is 0 Å². The quantitative estimate of drug-likeness (QED) is 0.798. The molecule has 0 N–H and O–H groups in total. The first-order valence-electron chi connectivity index (χ1n) is 5.15. The minimum Gasteiger partial charge on any atom is -0.292 e. The zero-order valence-electron chi connectivity index (χ0n) is 9.16. The Morgan fingerprint density at radius 2 is 2.00 bits per heavy atom. The van der Waals surface area contributed by atoms with Crippen molar-refractivity contribution in [1.82, 2.24) is 4.98 Å². The Bertz CT molecular complexity index is 601. The molecular weight excluding hydrogens is 260 g/mol. The lowest BCUT2D eigenvalue weighted by molar-refractivity contribution is 0.0984. The second kappa shape index (κ2) is 5.23. The van der Waals surface area contributed by atoms with Gasteiger partial charge in [-0.1, -0.05) is 17.7 Å². The summed E-state index contributed by atoms with van der Waals surface area (Å²) in [5.41, 5.74) is 0.286. The highest BCUT2D eigenvalue weighted by Gasteiger charge is 2.14. The number of pyridine rings is 1. The molecular formula is C13H8ClF2NO. The number of benzene rings is 1. The number of aromatic nitrogens is 1. The van der Waals surface area contributed by atoms with Gasteiger partial charge in [-0.05, 0) is 29.8 Å². The van der Waals surface area contributed by atoms with Crippen molar-refractivity contribution in [3.63, 3.8) is 0 Å². The van der Waals surface area contributed by atoms with Crippen LogP contribution < -0.4 is 0 Å². The highest BCUT2D eigenvalue weighted by molar-refractivity contribution is 6.30. The largest absolute Gasteiger partial charge is 0.292 e. The van der Waals surface area contributed by atoms with Gasteiger partial charge in [-0.2, -0.15) is 0 Å². The van der Waals surface area contributed by atoms with Crippen molar-refractivity contribution in [3.8, 4) is 0 Å². The Kier molecular flexibility index (Phi) is 3.67. The third kappa shape index (κ3) is 2.71. The number of carbonyl (C=O) groups is 1. The average Bonchev–Trinajstić information content (AvgIpc) is 2.34. The maximum absolute atomic E-state index is 13.3. The summed E-state index contributed by atoms with van der Waals surface area (Å²) >= 11 is 5.60. The van der Waals surface area contributed by atoms with Crippen LogP contribution in [-0.2, 0) is 6.42 Å². The Labute approximate surface area is 107 Å².